The zero-order valence-corrected chi connectivity index (χ0v) is 11.8. The van der Waals surface area contributed by atoms with Gasteiger partial charge in [0.15, 0.2) is 11.0 Å². The van der Waals surface area contributed by atoms with Crippen molar-refractivity contribution >= 4 is 17.7 Å². The van der Waals surface area contributed by atoms with Crippen molar-refractivity contribution in [3.05, 3.63) is 35.7 Å². The van der Waals surface area contributed by atoms with Crippen LogP contribution >= 0.6 is 11.8 Å². The molecule has 0 spiro atoms. The fourth-order valence-corrected chi connectivity index (χ4v) is 2.45. The maximum absolute atomic E-state index is 10.7. The van der Waals surface area contributed by atoms with Crippen LogP contribution in [0, 0.1) is 0 Å². The van der Waals surface area contributed by atoms with Gasteiger partial charge in [0.05, 0.1) is 5.75 Å². The highest BCUT2D eigenvalue weighted by Gasteiger charge is 2.14. The van der Waals surface area contributed by atoms with E-state index < -0.39 is 5.97 Å². The summed E-state index contributed by atoms with van der Waals surface area (Å²) in [5.74, 6) is -0.630. The first kappa shape index (κ1) is 14.5. The van der Waals surface area contributed by atoms with Gasteiger partial charge in [-0.25, -0.2) is 0 Å². The molecule has 2 aromatic rings. The van der Waals surface area contributed by atoms with E-state index in [2.05, 4.69) is 17.1 Å². The average Bonchev–Trinajstić information content (AvgIpc) is 2.88. The second-order valence-electron chi connectivity index (χ2n) is 4.09. The summed E-state index contributed by atoms with van der Waals surface area (Å²) >= 11 is 1.07. The normalized spacial score (nSPS) is 10.7. The molecule has 0 atom stereocenters. The molecule has 1 aromatic carbocycles. The molecule has 7 heteroatoms. The molecule has 0 unspecified atom stereocenters. The molecule has 0 aliphatic rings. The Labute approximate surface area is 120 Å². The van der Waals surface area contributed by atoms with Crippen LogP contribution < -0.4 is 0 Å². The molecule has 0 amide bonds. The molecule has 1 aromatic heterocycles. The second-order valence-corrected chi connectivity index (χ2v) is 5.04. The smallest absolute Gasteiger partial charge is 0.313 e. The van der Waals surface area contributed by atoms with Gasteiger partial charge in [-0.15, -0.1) is 10.2 Å². The number of aliphatic hydroxyl groups excluding tert-OH is 1. The SMILES string of the molecule is CCc1ccc(-n2c(CO)nnc2SCC(=O)O)cc1. The third-order valence-electron chi connectivity index (χ3n) is 2.77. The molecule has 0 saturated heterocycles. The van der Waals surface area contributed by atoms with Crippen molar-refractivity contribution in [2.45, 2.75) is 25.1 Å². The third kappa shape index (κ3) is 3.17. The number of carboxylic acid groups (broad SMARTS) is 1. The van der Waals surface area contributed by atoms with Crippen LogP contribution in [-0.4, -0.2) is 36.7 Å². The van der Waals surface area contributed by atoms with E-state index in [0.29, 0.717) is 11.0 Å². The standard InChI is InChI=1S/C13H15N3O3S/c1-2-9-3-5-10(6-4-9)16-11(7-17)14-15-13(16)20-8-12(18)19/h3-6,17H,2,7-8H2,1H3,(H,18,19). The molecule has 2 rings (SSSR count). The lowest BCUT2D eigenvalue weighted by atomic mass is 10.1. The highest BCUT2D eigenvalue weighted by molar-refractivity contribution is 7.99. The number of aryl methyl sites for hydroxylation is 1. The maximum atomic E-state index is 10.7. The zero-order valence-electron chi connectivity index (χ0n) is 11.0. The van der Waals surface area contributed by atoms with Gasteiger partial charge in [-0.2, -0.15) is 0 Å². The molecule has 106 valence electrons. The molecule has 20 heavy (non-hydrogen) atoms. The molecule has 0 aliphatic heterocycles. The Bertz CT molecular complexity index is 595. The number of aromatic nitrogens is 3. The average molecular weight is 293 g/mol. The van der Waals surface area contributed by atoms with Crippen molar-refractivity contribution in [3.8, 4) is 5.69 Å². The number of rotatable bonds is 6. The van der Waals surface area contributed by atoms with E-state index in [1.807, 2.05) is 24.3 Å². The van der Waals surface area contributed by atoms with E-state index in [4.69, 9.17) is 5.11 Å². The molecular formula is C13H15N3O3S. The van der Waals surface area contributed by atoms with E-state index in [1.54, 1.807) is 4.57 Å². The monoisotopic (exact) mass is 293 g/mol. The van der Waals surface area contributed by atoms with Crippen LogP contribution in [0.15, 0.2) is 29.4 Å². The summed E-state index contributed by atoms with van der Waals surface area (Å²) in [6.07, 6.45) is 0.940. The number of aliphatic carboxylic acids is 1. The number of carbonyl (C=O) groups is 1. The zero-order chi connectivity index (χ0) is 14.5. The van der Waals surface area contributed by atoms with Crippen LogP contribution in [0.4, 0.5) is 0 Å². The topological polar surface area (TPSA) is 88.2 Å². The number of nitrogens with zero attached hydrogens (tertiary/aromatic N) is 3. The van der Waals surface area contributed by atoms with Gasteiger partial charge < -0.3 is 10.2 Å². The molecule has 0 aliphatic carbocycles. The summed E-state index contributed by atoms with van der Waals surface area (Å²) in [6, 6.07) is 7.79. The predicted molar refractivity (Wildman–Crippen MR) is 75.0 cm³/mol. The summed E-state index contributed by atoms with van der Waals surface area (Å²) in [5, 5.41) is 26.3. The van der Waals surface area contributed by atoms with Crippen LogP contribution in [0.5, 0.6) is 0 Å². The first-order valence-electron chi connectivity index (χ1n) is 6.14. The van der Waals surface area contributed by atoms with Crippen LogP contribution in [0.3, 0.4) is 0 Å². The Morgan fingerprint density at radius 3 is 2.55 bits per heavy atom. The van der Waals surface area contributed by atoms with Gasteiger partial charge in [-0.3, -0.25) is 9.36 Å². The predicted octanol–water partition coefficient (Wildman–Crippen LogP) is 1.50. The lowest BCUT2D eigenvalue weighted by molar-refractivity contribution is -0.133. The van der Waals surface area contributed by atoms with Gasteiger partial charge in [-0.1, -0.05) is 30.8 Å². The van der Waals surface area contributed by atoms with Gasteiger partial charge in [0.1, 0.15) is 6.61 Å². The minimum absolute atomic E-state index is 0.101. The molecule has 0 radical (unpaired) electrons. The maximum Gasteiger partial charge on any atom is 0.313 e. The van der Waals surface area contributed by atoms with E-state index in [-0.39, 0.29) is 12.4 Å². The Kier molecular flexibility index (Phi) is 4.75. The summed E-state index contributed by atoms with van der Waals surface area (Å²) < 4.78 is 1.67. The number of hydrogen-bond donors (Lipinski definition) is 2. The quantitative estimate of drug-likeness (QED) is 0.785. The number of benzene rings is 1. The minimum Gasteiger partial charge on any atom is -0.481 e. The molecule has 0 bridgehead atoms. The highest BCUT2D eigenvalue weighted by Crippen LogP contribution is 2.22. The Morgan fingerprint density at radius 1 is 1.30 bits per heavy atom. The fraction of sp³-hybridized carbons (Fsp3) is 0.308. The number of thioether (sulfide) groups is 1. The Morgan fingerprint density at radius 2 is 2.00 bits per heavy atom. The van der Waals surface area contributed by atoms with Crippen LogP contribution in [-0.2, 0) is 17.8 Å². The molecule has 2 N–H and O–H groups in total. The van der Waals surface area contributed by atoms with Crippen LogP contribution in [0.1, 0.15) is 18.3 Å². The van der Waals surface area contributed by atoms with E-state index in [1.165, 1.54) is 5.56 Å². The fourth-order valence-electron chi connectivity index (χ4n) is 1.76. The van der Waals surface area contributed by atoms with Crippen molar-refractivity contribution in [3.63, 3.8) is 0 Å². The molecule has 6 nitrogen and oxygen atoms in total. The van der Waals surface area contributed by atoms with Crippen molar-refractivity contribution in [2.24, 2.45) is 0 Å². The Balaban J connectivity index is 2.36. The van der Waals surface area contributed by atoms with Gasteiger partial charge >= 0.3 is 5.97 Å². The largest absolute Gasteiger partial charge is 0.481 e. The number of hydrogen-bond acceptors (Lipinski definition) is 5. The van der Waals surface area contributed by atoms with Gasteiger partial charge in [0.2, 0.25) is 0 Å². The summed E-state index contributed by atoms with van der Waals surface area (Å²) in [6.45, 7) is 1.82. The summed E-state index contributed by atoms with van der Waals surface area (Å²) in [7, 11) is 0. The molecule has 0 fully saturated rings. The van der Waals surface area contributed by atoms with Crippen LogP contribution in [0.2, 0.25) is 0 Å². The van der Waals surface area contributed by atoms with Gasteiger partial charge in [0.25, 0.3) is 0 Å². The Hall–Kier alpha value is -1.86. The molecular weight excluding hydrogens is 278 g/mol. The lowest BCUT2D eigenvalue weighted by Gasteiger charge is -2.09. The number of aliphatic hydroxyl groups is 1. The lowest BCUT2D eigenvalue weighted by Crippen LogP contribution is -2.05. The van der Waals surface area contributed by atoms with Crippen LogP contribution in [0.25, 0.3) is 5.69 Å². The van der Waals surface area contributed by atoms with Crippen molar-refractivity contribution in [1.29, 1.82) is 0 Å². The third-order valence-corrected chi connectivity index (χ3v) is 3.68. The van der Waals surface area contributed by atoms with E-state index in [9.17, 15) is 9.90 Å². The molecule has 1 heterocycles. The molecule has 0 saturated carbocycles. The highest BCUT2D eigenvalue weighted by atomic mass is 32.2. The second kappa shape index (κ2) is 6.53. The summed E-state index contributed by atoms with van der Waals surface area (Å²) in [5.41, 5.74) is 2.01. The minimum atomic E-state index is -0.920. The first-order valence-corrected chi connectivity index (χ1v) is 7.13. The van der Waals surface area contributed by atoms with Crippen molar-refractivity contribution in [1.82, 2.24) is 14.8 Å². The van der Waals surface area contributed by atoms with Gasteiger partial charge in [-0.05, 0) is 24.1 Å². The van der Waals surface area contributed by atoms with E-state index >= 15 is 0 Å². The first-order chi connectivity index (χ1) is 9.65. The van der Waals surface area contributed by atoms with Gasteiger partial charge in [0, 0.05) is 5.69 Å². The van der Waals surface area contributed by atoms with Crippen molar-refractivity contribution in [2.75, 3.05) is 5.75 Å². The van der Waals surface area contributed by atoms with E-state index in [0.717, 1.165) is 23.9 Å². The number of carboxylic acids is 1. The van der Waals surface area contributed by atoms with Crippen molar-refractivity contribution < 1.29 is 15.0 Å². The summed E-state index contributed by atoms with van der Waals surface area (Å²) in [4.78, 5) is 10.7.